The summed E-state index contributed by atoms with van der Waals surface area (Å²) in [7, 11) is 0. The Labute approximate surface area is 115 Å². The van der Waals surface area contributed by atoms with E-state index in [0.717, 1.165) is 18.9 Å². The molecular formula is C12H24ClN3O2. The van der Waals surface area contributed by atoms with Crippen LogP contribution in [-0.2, 0) is 9.59 Å². The lowest BCUT2D eigenvalue weighted by Gasteiger charge is -2.06. The fourth-order valence-electron chi connectivity index (χ4n) is 1.44. The minimum absolute atomic E-state index is 0. The van der Waals surface area contributed by atoms with E-state index in [1.165, 1.54) is 12.8 Å². The summed E-state index contributed by atoms with van der Waals surface area (Å²) in [5.74, 6) is 0.745. The molecule has 0 bridgehead atoms. The molecule has 0 atom stereocenters. The van der Waals surface area contributed by atoms with Crippen LogP contribution in [0.15, 0.2) is 0 Å². The molecule has 0 aliphatic heterocycles. The van der Waals surface area contributed by atoms with Gasteiger partial charge in [-0.2, -0.15) is 0 Å². The van der Waals surface area contributed by atoms with Crippen molar-refractivity contribution < 1.29 is 9.59 Å². The third-order valence-corrected chi connectivity index (χ3v) is 2.66. The number of halogens is 1. The lowest BCUT2D eigenvalue weighted by atomic mass is 10.3. The monoisotopic (exact) mass is 277 g/mol. The van der Waals surface area contributed by atoms with E-state index in [1.54, 1.807) is 0 Å². The molecule has 0 saturated heterocycles. The van der Waals surface area contributed by atoms with E-state index < -0.39 is 0 Å². The van der Waals surface area contributed by atoms with E-state index >= 15 is 0 Å². The van der Waals surface area contributed by atoms with Crippen molar-refractivity contribution in [3.8, 4) is 0 Å². The highest BCUT2D eigenvalue weighted by Gasteiger charge is 2.20. The van der Waals surface area contributed by atoms with Crippen LogP contribution in [0.25, 0.3) is 0 Å². The third-order valence-electron chi connectivity index (χ3n) is 2.66. The summed E-state index contributed by atoms with van der Waals surface area (Å²) in [6.07, 6.45) is 3.86. The first-order valence-corrected chi connectivity index (χ1v) is 6.46. The van der Waals surface area contributed by atoms with Gasteiger partial charge in [0.15, 0.2) is 0 Å². The molecule has 1 aliphatic rings. The fraction of sp³-hybridized carbons (Fsp3) is 0.833. The van der Waals surface area contributed by atoms with E-state index in [1.807, 2.05) is 6.92 Å². The fourth-order valence-corrected chi connectivity index (χ4v) is 1.44. The molecule has 0 unspecified atom stereocenters. The molecule has 0 spiro atoms. The van der Waals surface area contributed by atoms with Crippen molar-refractivity contribution in [2.45, 2.75) is 32.6 Å². The van der Waals surface area contributed by atoms with E-state index in [2.05, 4.69) is 16.0 Å². The summed E-state index contributed by atoms with van der Waals surface area (Å²) in [6, 6.07) is 0. The maximum absolute atomic E-state index is 11.3. The molecule has 2 amide bonds. The number of amides is 2. The second kappa shape index (κ2) is 10.1. The van der Waals surface area contributed by atoms with E-state index in [0.29, 0.717) is 26.1 Å². The third kappa shape index (κ3) is 9.24. The van der Waals surface area contributed by atoms with E-state index in [9.17, 15) is 9.59 Å². The van der Waals surface area contributed by atoms with Gasteiger partial charge in [-0.15, -0.1) is 12.4 Å². The van der Waals surface area contributed by atoms with Gasteiger partial charge in [-0.3, -0.25) is 9.59 Å². The average molecular weight is 278 g/mol. The van der Waals surface area contributed by atoms with Crippen LogP contribution < -0.4 is 16.0 Å². The zero-order valence-corrected chi connectivity index (χ0v) is 11.8. The average Bonchev–Trinajstić information content (AvgIpc) is 3.10. The van der Waals surface area contributed by atoms with Crippen molar-refractivity contribution in [2.24, 2.45) is 5.92 Å². The van der Waals surface area contributed by atoms with Gasteiger partial charge in [-0.05, 0) is 31.7 Å². The number of rotatable bonds is 9. The molecule has 1 aliphatic carbocycles. The summed E-state index contributed by atoms with van der Waals surface area (Å²) < 4.78 is 0. The van der Waals surface area contributed by atoms with Gasteiger partial charge in [0.25, 0.3) is 0 Å². The van der Waals surface area contributed by atoms with Gasteiger partial charge < -0.3 is 16.0 Å². The van der Waals surface area contributed by atoms with Crippen LogP contribution >= 0.6 is 12.4 Å². The molecule has 5 nitrogen and oxygen atoms in total. The Hall–Kier alpha value is -0.810. The first kappa shape index (κ1) is 17.2. The zero-order chi connectivity index (χ0) is 12.5. The molecule has 0 heterocycles. The highest BCUT2D eigenvalue weighted by atomic mass is 35.5. The SMILES string of the molecule is CCCNC(=O)CCNC(=O)CNCC1CC1.Cl. The van der Waals surface area contributed by atoms with Crippen LogP contribution in [0, 0.1) is 5.92 Å². The topological polar surface area (TPSA) is 70.2 Å². The second-order valence-electron chi connectivity index (χ2n) is 4.52. The summed E-state index contributed by atoms with van der Waals surface area (Å²) in [6.45, 7) is 4.42. The van der Waals surface area contributed by atoms with Gasteiger partial charge in [0.2, 0.25) is 11.8 Å². The standard InChI is InChI=1S/C12H23N3O2.ClH/c1-2-6-14-11(16)5-7-15-12(17)9-13-8-10-3-4-10;/h10,13H,2-9H2,1H3,(H,14,16)(H,15,17);1H. The number of carbonyl (C=O) groups excluding carboxylic acids is 2. The highest BCUT2D eigenvalue weighted by molar-refractivity contribution is 5.85. The van der Waals surface area contributed by atoms with Gasteiger partial charge in [0.05, 0.1) is 6.54 Å². The number of hydrogen-bond donors (Lipinski definition) is 3. The molecule has 3 N–H and O–H groups in total. The van der Waals surface area contributed by atoms with Crippen LogP contribution in [0.2, 0.25) is 0 Å². The highest BCUT2D eigenvalue weighted by Crippen LogP contribution is 2.27. The summed E-state index contributed by atoms with van der Waals surface area (Å²) in [4.78, 5) is 22.6. The predicted octanol–water partition coefficient (Wildman–Crippen LogP) is 0.440. The van der Waals surface area contributed by atoms with Crippen LogP contribution in [0.1, 0.15) is 32.6 Å². The van der Waals surface area contributed by atoms with E-state index in [-0.39, 0.29) is 24.2 Å². The molecule has 18 heavy (non-hydrogen) atoms. The quantitative estimate of drug-likeness (QED) is 0.573. The maximum atomic E-state index is 11.3. The van der Waals surface area contributed by atoms with Gasteiger partial charge in [-0.1, -0.05) is 6.92 Å². The summed E-state index contributed by atoms with van der Waals surface area (Å²) in [5.41, 5.74) is 0. The number of nitrogens with one attached hydrogen (secondary N) is 3. The molecule has 1 saturated carbocycles. The van der Waals surface area contributed by atoms with Gasteiger partial charge in [0, 0.05) is 19.5 Å². The first-order chi connectivity index (χ1) is 8.22. The molecule has 0 aromatic heterocycles. The molecule has 6 heteroatoms. The lowest BCUT2D eigenvalue weighted by Crippen LogP contribution is -2.37. The van der Waals surface area contributed by atoms with Crippen molar-refractivity contribution in [2.75, 3.05) is 26.2 Å². The summed E-state index contributed by atoms with van der Waals surface area (Å²) >= 11 is 0. The molecule has 1 rings (SSSR count). The Morgan fingerprint density at radius 1 is 1.11 bits per heavy atom. The van der Waals surface area contributed by atoms with Crippen LogP contribution in [0.4, 0.5) is 0 Å². The van der Waals surface area contributed by atoms with Crippen molar-refractivity contribution >= 4 is 24.2 Å². The molecular weight excluding hydrogens is 254 g/mol. The molecule has 0 radical (unpaired) electrons. The second-order valence-corrected chi connectivity index (χ2v) is 4.52. The van der Waals surface area contributed by atoms with E-state index in [4.69, 9.17) is 0 Å². The van der Waals surface area contributed by atoms with Crippen LogP contribution in [0.3, 0.4) is 0 Å². The van der Waals surface area contributed by atoms with Gasteiger partial charge in [-0.25, -0.2) is 0 Å². The van der Waals surface area contributed by atoms with Crippen molar-refractivity contribution in [1.82, 2.24) is 16.0 Å². The van der Waals surface area contributed by atoms with Crippen LogP contribution in [0.5, 0.6) is 0 Å². The van der Waals surface area contributed by atoms with Gasteiger partial charge >= 0.3 is 0 Å². The Balaban J connectivity index is 0.00000289. The molecule has 1 fully saturated rings. The smallest absolute Gasteiger partial charge is 0.233 e. The van der Waals surface area contributed by atoms with Crippen molar-refractivity contribution in [3.05, 3.63) is 0 Å². The molecule has 106 valence electrons. The van der Waals surface area contributed by atoms with Crippen molar-refractivity contribution in [3.63, 3.8) is 0 Å². The number of hydrogen-bond acceptors (Lipinski definition) is 3. The molecule has 0 aromatic rings. The molecule has 0 aromatic carbocycles. The van der Waals surface area contributed by atoms with Crippen LogP contribution in [-0.4, -0.2) is 38.0 Å². The Bertz CT molecular complexity index is 258. The Morgan fingerprint density at radius 3 is 2.39 bits per heavy atom. The number of carbonyl (C=O) groups is 2. The first-order valence-electron chi connectivity index (χ1n) is 6.46. The zero-order valence-electron chi connectivity index (χ0n) is 11.0. The van der Waals surface area contributed by atoms with Gasteiger partial charge in [0.1, 0.15) is 0 Å². The minimum atomic E-state index is -0.0334. The minimum Gasteiger partial charge on any atom is -0.356 e. The lowest BCUT2D eigenvalue weighted by molar-refractivity contribution is -0.121. The normalized spacial score (nSPS) is 13.6. The largest absolute Gasteiger partial charge is 0.356 e. The van der Waals surface area contributed by atoms with Crippen molar-refractivity contribution in [1.29, 1.82) is 0 Å². The predicted molar refractivity (Wildman–Crippen MR) is 73.8 cm³/mol. The summed E-state index contributed by atoms with van der Waals surface area (Å²) in [5, 5.41) is 8.60. The Morgan fingerprint density at radius 2 is 1.78 bits per heavy atom. The maximum Gasteiger partial charge on any atom is 0.233 e. The Kier molecular flexibility index (Phi) is 9.69.